The van der Waals surface area contributed by atoms with E-state index in [1.54, 1.807) is 6.92 Å². The topological polar surface area (TPSA) is 75.8 Å². The summed E-state index contributed by atoms with van der Waals surface area (Å²) in [5, 5.41) is 16.9. The van der Waals surface area contributed by atoms with Gasteiger partial charge in [0, 0.05) is 4.92 Å². The molecule has 2 aromatic rings. The Labute approximate surface area is 158 Å². The van der Waals surface area contributed by atoms with Crippen LogP contribution in [0, 0.1) is 10.1 Å². The lowest BCUT2D eigenvalue weighted by Crippen LogP contribution is -2.22. The van der Waals surface area contributed by atoms with E-state index < -0.39 is 0 Å². The van der Waals surface area contributed by atoms with Crippen molar-refractivity contribution in [1.82, 2.24) is 0 Å². The summed E-state index contributed by atoms with van der Waals surface area (Å²) in [6, 6.07) is 18.6. The number of hydrogen-bond acceptors (Lipinski definition) is 4. The highest BCUT2D eigenvalue weighted by Crippen LogP contribution is 2.30. The van der Waals surface area contributed by atoms with Crippen LogP contribution in [0.1, 0.15) is 31.7 Å². The first kappa shape index (κ1) is 18.5. The van der Waals surface area contributed by atoms with E-state index in [-0.39, 0.29) is 23.3 Å². The molecule has 0 fully saturated rings. The molecule has 1 amide bonds. The van der Waals surface area contributed by atoms with Crippen molar-refractivity contribution in [2.45, 2.75) is 26.2 Å². The molecule has 0 saturated carbocycles. The van der Waals surface area contributed by atoms with Crippen LogP contribution in [0.3, 0.4) is 0 Å². The third-order valence-corrected chi connectivity index (χ3v) is 4.64. The van der Waals surface area contributed by atoms with E-state index >= 15 is 0 Å². The normalized spacial score (nSPS) is 16.9. The van der Waals surface area contributed by atoms with E-state index in [0.717, 1.165) is 11.1 Å². The molecule has 0 spiro atoms. The second-order valence-electron chi connectivity index (χ2n) is 6.62. The predicted octanol–water partition coefficient (Wildman–Crippen LogP) is 4.18. The van der Waals surface area contributed by atoms with Gasteiger partial charge in [0.25, 0.3) is 5.91 Å². The Morgan fingerprint density at radius 1 is 1.11 bits per heavy atom. The molecule has 138 valence electrons. The molecule has 0 N–H and O–H groups in total. The molecule has 0 bridgehead atoms. The molecule has 1 heterocycles. The smallest absolute Gasteiger partial charge is 0.267 e. The van der Waals surface area contributed by atoms with Gasteiger partial charge in [-0.05, 0) is 38.0 Å². The largest absolute Gasteiger partial charge is 0.280 e. The molecule has 2 aromatic carbocycles. The first-order chi connectivity index (χ1) is 13.0. The van der Waals surface area contributed by atoms with Crippen molar-refractivity contribution in [2.75, 3.05) is 11.6 Å². The Kier molecular flexibility index (Phi) is 5.45. The maximum atomic E-state index is 12.9. The summed E-state index contributed by atoms with van der Waals surface area (Å²) in [4.78, 5) is 23.8. The Morgan fingerprint density at radius 3 is 2.30 bits per heavy atom. The van der Waals surface area contributed by atoms with E-state index in [4.69, 9.17) is 0 Å². The van der Waals surface area contributed by atoms with Gasteiger partial charge in [-0.25, -0.2) is 0 Å². The zero-order valence-electron chi connectivity index (χ0n) is 15.3. The maximum Gasteiger partial charge on any atom is 0.280 e. The average molecular weight is 363 g/mol. The number of amides is 1. The Bertz CT molecular complexity index is 905. The van der Waals surface area contributed by atoms with Gasteiger partial charge in [0.1, 0.15) is 0 Å². The number of para-hydroxylation sites is 1. The molecule has 0 unspecified atom stereocenters. The highest BCUT2D eigenvalue weighted by Gasteiger charge is 2.31. The van der Waals surface area contributed by atoms with Crippen LogP contribution in [0.15, 0.2) is 76.9 Å². The fourth-order valence-electron chi connectivity index (χ4n) is 3.41. The van der Waals surface area contributed by atoms with Crippen LogP contribution < -0.4 is 5.01 Å². The van der Waals surface area contributed by atoms with E-state index in [0.29, 0.717) is 23.4 Å². The first-order valence-electron chi connectivity index (χ1n) is 8.79. The molecule has 6 heteroatoms. The number of benzene rings is 2. The number of anilines is 1. The Balaban J connectivity index is 1.89. The maximum absolute atomic E-state index is 12.9. The number of carbonyl (C=O) groups is 1. The molecule has 1 aliphatic heterocycles. The van der Waals surface area contributed by atoms with Crippen molar-refractivity contribution in [3.63, 3.8) is 0 Å². The summed E-state index contributed by atoms with van der Waals surface area (Å²) < 4.78 is 0. The molecule has 1 atom stereocenters. The summed E-state index contributed by atoms with van der Waals surface area (Å²) in [6.07, 6.45) is 0.432. The number of hydrogen-bond donors (Lipinski definition) is 0. The predicted molar refractivity (Wildman–Crippen MR) is 105 cm³/mol. The zero-order valence-corrected chi connectivity index (χ0v) is 15.3. The minimum Gasteiger partial charge on any atom is -0.267 e. The number of allylic oxidation sites excluding steroid dienone is 1. The highest BCUT2D eigenvalue weighted by molar-refractivity contribution is 6.30. The van der Waals surface area contributed by atoms with Crippen LogP contribution in [0.5, 0.6) is 0 Å². The molecule has 0 aromatic heterocycles. The molecular weight excluding hydrogens is 342 g/mol. The zero-order chi connectivity index (χ0) is 19.4. The summed E-state index contributed by atoms with van der Waals surface area (Å²) in [5.74, 6) is -0.482. The third kappa shape index (κ3) is 4.11. The quantitative estimate of drug-likeness (QED) is 0.439. The molecule has 6 nitrogen and oxygen atoms in total. The molecule has 1 aliphatic rings. The van der Waals surface area contributed by atoms with Gasteiger partial charge in [0.05, 0.1) is 22.9 Å². The second-order valence-corrected chi connectivity index (χ2v) is 6.62. The fraction of sp³-hybridized carbons (Fsp3) is 0.238. The molecule has 0 radical (unpaired) electrons. The van der Waals surface area contributed by atoms with Crippen LogP contribution in [0.25, 0.3) is 0 Å². The number of hydrazone groups is 1. The Hall–Kier alpha value is -3.28. The molecule has 27 heavy (non-hydrogen) atoms. The number of nitro groups is 1. The van der Waals surface area contributed by atoms with Gasteiger partial charge in [0.2, 0.25) is 6.54 Å². The molecule has 0 saturated heterocycles. The van der Waals surface area contributed by atoms with Crippen molar-refractivity contribution in [3.05, 3.63) is 87.5 Å². The van der Waals surface area contributed by atoms with Gasteiger partial charge in [-0.15, -0.1) is 0 Å². The van der Waals surface area contributed by atoms with Crippen molar-refractivity contribution < 1.29 is 9.72 Å². The second kappa shape index (κ2) is 7.95. The van der Waals surface area contributed by atoms with E-state index in [9.17, 15) is 14.9 Å². The monoisotopic (exact) mass is 363 g/mol. The first-order valence-corrected chi connectivity index (χ1v) is 8.79. The van der Waals surface area contributed by atoms with Crippen LogP contribution in [0.4, 0.5) is 5.69 Å². The third-order valence-electron chi connectivity index (χ3n) is 4.64. The summed E-state index contributed by atoms with van der Waals surface area (Å²) >= 11 is 0. The van der Waals surface area contributed by atoms with Gasteiger partial charge in [-0.2, -0.15) is 10.1 Å². The lowest BCUT2D eigenvalue weighted by atomic mass is 9.89. The van der Waals surface area contributed by atoms with E-state index in [2.05, 4.69) is 5.10 Å². The highest BCUT2D eigenvalue weighted by atomic mass is 16.6. The van der Waals surface area contributed by atoms with Gasteiger partial charge in [-0.3, -0.25) is 14.9 Å². The number of nitrogens with zero attached hydrogens (tertiary/aromatic N) is 3. The van der Waals surface area contributed by atoms with Gasteiger partial charge >= 0.3 is 0 Å². The minimum atomic E-state index is -0.302. The summed E-state index contributed by atoms with van der Waals surface area (Å²) in [5.41, 5.74) is 3.59. The summed E-state index contributed by atoms with van der Waals surface area (Å²) in [6.45, 7) is 3.47. The fourth-order valence-corrected chi connectivity index (χ4v) is 3.41. The van der Waals surface area contributed by atoms with Crippen LogP contribution >= 0.6 is 0 Å². The number of rotatable bonds is 6. The van der Waals surface area contributed by atoms with Crippen molar-refractivity contribution >= 4 is 17.3 Å². The molecule has 3 rings (SSSR count). The van der Waals surface area contributed by atoms with Crippen LogP contribution in [-0.2, 0) is 4.79 Å². The summed E-state index contributed by atoms with van der Waals surface area (Å²) in [7, 11) is 0. The van der Waals surface area contributed by atoms with Gasteiger partial charge < -0.3 is 0 Å². The van der Waals surface area contributed by atoms with E-state index in [1.165, 1.54) is 5.01 Å². The van der Waals surface area contributed by atoms with Crippen molar-refractivity contribution in [1.29, 1.82) is 0 Å². The lowest BCUT2D eigenvalue weighted by molar-refractivity contribution is -0.483. The van der Waals surface area contributed by atoms with Gasteiger partial charge in [-0.1, -0.05) is 54.1 Å². The Morgan fingerprint density at radius 2 is 1.70 bits per heavy atom. The molecule has 0 aliphatic carbocycles. The van der Waals surface area contributed by atoms with Crippen molar-refractivity contribution in [3.8, 4) is 0 Å². The molecular formula is C21H21N3O3. The standard InChI is InChI=1S/C21H21N3O3/c1-15(13-18(14-23(26)27)17-9-5-3-6-10-17)20-16(2)22-24(21(20)25)19-11-7-4-8-12-19/h3-12,18H,13-14H2,1-2H3/b20-15-/t18-/m0/s1. The van der Waals surface area contributed by atoms with Crippen molar-refractivity contribution in [2.24, 2.45) is 5.10 Å². The lowest BCUT2D eigenvalue weighted by Gasteiger charge is -2.16. The van der Waals surface area contributed by atoms with Crippen LogP contribution in [0.2, 0.25) is 0 Å². The average Bonchev–Trinajstić information content (AvgIpc) is 2.96. The minimum absolute atomic E-state index is 0.179. The van der Waals surface area contributed by atoms with E-state index in [1.807, 2.05) is 67.6 Å². The van der Waals surface area contributed by atoms with Crippen LogP contribution in [-0.4, -0.2) is 23.1 Å². The van der Waals surface area contributed by atoms with Gasteiger partial charge in [0.15, 0.2) is 0 Å². The SMILES string of the molecule is CC1=NN(c2ccccc2)C(=O)/C1=C(/C)C[C@@H](C[N+](=O)[O-])c1ccccc1. The number of carbonyl (C=O) groups excluding carboxylic acids is 1.